The summed E-state index contributed by atoms with van der Waals surface area (Å²) in [4.78, 5) is 0. The second-order valence-electron chi connectivity index (χ2n) is 5.16. The minimum Gasteiger partial charge on any atom is -0.411 e. The first-order chi connectivity index (χ1) is 6.31. The standard InChI is InChI=1S/C9H28OS4Si/c1-10-15(8,9)14(6,7)13(4,5)12(2,3)11/h11H,1-9H3. The molecule has 0 aliphatic heterocycles. The Bertz CT molecular complexity index is 233. The van der Waals surface area contributed by atoms with Crippen molar-refractivity contribution in [3.63, 3.8) is 0 Å². The van der Waals surface area contributed by atoms with Gasteiger partial charge in [0.2, 0.25) is 7.47 Å². The predicted molar refractivity (Wildman–Crippen MR) is 91.8 cm³/mol. The molecule has 0 saturated heterocycles. The van der Waals surface area contributed by atoms with Crippen molar-refractivity contribution in [1.82, 2.24) is 0 Å². The molecule has 0 rings (SSSR count). The van der Waals surface area contributed by atoms with Crippen molar-refractivity contribution in [2.24, 2.45) is 0 Å². The van der Waals surface area contributed by atoms with Crippen molar-refractivity contribution in [1.29, 1.82) is 0 Å². The van der Waals surface area contributed by atoms with E-state index in [9.17, 15) is 0 Å². The zero-order chi connectivity index (χ0) is 12.7. The lowest BCUT2D eigenvalue weighted by molar-refractivity contribution is 0.423. The Hall–Kier alpha value is 1.58. The largest absolute Gasteiger partial charge is 0.411 e. The molecule has 0 fully saturated rings. The first-order valence-electron chi connectivity index (χ1n) is 4.78. The van der Waals surface area contributed by atoms with Gasteiger partial charge in [-0.15, -0.1) is 11.7 Å². The lowest BCUT2D eigenvalue weighted by Gasteiger charge is -2.64. The van der Waals surface area contributed by atoms with Gasteiger partial charge >= 0.3 is 0 Å². The molecule has 0 bridgehead atoms. The van der Waals surface area contributed by atoms with E-state index in [1.54, 1.807) is 0 Å². The van der Waals surface area contributed by atoms with Crippen LogP contribution in [0.5, 0.6) is 0 Å². The first kappa shape index (κ1) is 16.6. The summed E-state index contributed by atoms with van der Waals surface area (Å²) in [5.74, 6) is 0. The van der Waals surface area contributed by atoms with Gasteiger partial charge in [-0.25, -0.2) is 0 Å². The van der Waals surface area contributed by atoms with E-state index in [1.807, 2.05) is 7.11 Å². The maximum atomic E-state index is 5.86. The normalized spacial score (nSPS) is 18.8. The van der Waals surface area contributed by atoms with Crippen LogP contribution in [0.15, 0.2) is 0 Å². The van der Waals surface area contributed by atoms with Gasteiger partial charge in [-0.05, 0) is 50.6 Å². The first-order valence-corrected chi connectivity index (χ1v) is 17.8. The van der Waals surface area contributed by atoms with Gasteiger partial charge in [-0.1, -0.05) is 0 Å². The molecule has 0 aromatic heterocycles. The van der Waals surface area contributed by atoms with Crippen LogP contribution in [0, 0.1) is 0 Å². The van der Waals surface area contributed by atoms with E-state index in [1.165, 1.54) is 0 Å². The third kappa shape index (κ3) is 2.88. The van der Waals surface area contributed by atoms with Gasteiger partial charge in [0.05, 0.1) is 0 Å². The molecule has 1 nitrogen and oxygen atoms in total. The van der Waals surface area contributed by atoms with E-state index in [-0.39, 0.29) is 0 Å². The zero-order valence-corrected chi connectivity index (χ0v) is 15.9. The second-order valence-corrected chi connectivity index (χ2v) is 36.5. The molecule has 0 radical (unpaired) electrons. The monoisotopic (exact) mass is 308 g/mol. The molecule has 0 N–H and O–H groups in total. The van der Waals surface area contributed by atoms with Crippen LogP contribution in [-0.4, -0.2) is 52.1 Å². The highest BCUT2D eigenvalue weighted by atomic mass is 33.8. The zero-order valence-electron chi connectivity index (χ0n) is 11.6. The number of hydrogen-bond donors (Lipinski definition) is 1. The van der Waals surface area contributed by atoms with Gasteiger partial charge in [-0.2, -0.15) is 24.7 Å². The summed E-state index contributed by atoms with van der Waals surface area (Å²) in [5, 5.41) is 0. The minimum absolute atomic E-state index is 0.678. The summed E-state index contributed by atoms with van der Waals surface area (Å²) in [6.45, 7) is 4.71. The Balaban J connectivity index is 5.38. The molecule has 0 heterocycles. The molecular formula is C9H28OS4Si. The molecule has 0 amide bonds. The van der Waals surface area contributed by atoms with E-state index < -0.39 is 32.2 Å². The Morgan fingerprint density at radius 1 is 0.933 bits per heavy atom. The van der Waals surface area contributed by atoms with Crippen molar-refractivity contribution in [2.45, 2.75) is 13.1 Å². The quantitative estimate of drug-likeness (QED) is 0.465. The van der Waals surface area contributed by atoms with Crippen LogP contribution in [0.3, 0.4) is 0 Å². The maximum absolute atomic E-state index is 5.86. The number of hydrogen-bond acceptors (Lipinski definition) is 2. The predicted octanol–water partition coefficient (Wildman–Crippen LogP) is 4.20. The number of thiol groups is 1. The molecule has 0 aromatic carbocycles. The summed E-state index contributed by atoms with van der Waals surface area (Å²) in [6.07, 6.45) is 14.5. The van der Waals surface area contributed by atoms with Gasteiger partial charge < -0.3 is 4.43 Å². The van der Waals surface area contributed by atoms with Crippen molar-refractivity contribution >= 4 is 43.8 Å². The summed E-state index contributed by atoms with van der Waals surface area (Å²) in [7, 11) is -1.82. The second kappa shape index (κ2) is 4.69. The minimum atomic E-state index is -1.56. The maximum Gasteiger partial charge on any atom is 0.239 e. The highest BCUT2D eigenvalue weighted by Crippen LogP contribution is 2.94. The van der Waals surface area contributed by atoms with Crippen molar-refractivity contribution in [2.75, 3.05) is 44.6 Å². The Morgan fingerprint density at radius 3 is 1.47 bits per heavy atom. The van der Waals surface area contributed by atoms with Crippen molar-refractivity contribution in [3.8, 4) is 0 Å². The van der Waals surface area contributed by atoms with Gasteiger partial charge in [-0.3, -0.25) is 0 Å². The van der Waals surface area contributed by atoms with E-state index in [0.717, 1.165) is 0 Å². The summed E-state index contributed by atoms with van der Waals surface area (Å²) >= 11 is 4.91. The van der Waals surface area contributed by atoms with Crippen LogP contribution in [-0.2, 0) is 4.43 Å². The fraction of sp³-hybridized carbons (Fsp3) is 1.00. The highest BCUT2D eigenvalue weighted by molar-refractivity contribution is 9.53. The van der Waals surface area contributed by atoms with Gasteiger partial charge in [0.1, 0.15) is 0 Å². The Labute approximate surface area is 105 Å². The summed E-state index contributed by atoms with van der Waals surface area (Å²) in [6, 6.07) is 0. The molecule has 0 aliphatic carbocycles. The highest BCUT2D eigenvalue weighted by Gasteiger charge is 2.47. The van der Waals surface area contributed by atoms with Crippen LogP contribution >= 0.6 is 36.4 Å². The average Bonchev–Trinajstić information content (AvgIpc) is 2.01. The van der Waals surface area contributed by atoms with E-state index in [4.69, 9.17) is 16.1 Å². The third-order valence-electron chi connectivity index (χ3n) is 3.66. The van der Waals surface area contributed by atoms with E-state index in [0.29, 0.717) is 0 Å². The molecule has 0 aromatic rings. The van der Waals surface area contributed by atoms with Gasteiger partial charge in [0.25, 0.3) is 0 Å². The molecule has 0 aliphatic rings. The van der Waals surface area contributed by atoms with Crippen LogP contribution in [0.4, 0.5) is 0 Å². The van der Waals surface area contributed by atoms with Crippen LogP contribution in [0.2, 0.25) is 13.1 Å². The molecule has 98 valence electrons. The van der Waals surface area contributed by atoms with E-state index >= 15 is 0 Å². The third-order valence-corrected chi connectivity index (χ3v) is 49.3. The SMILES string of the molecule is CO[Si](C)(C)S(C)(C)S(C)(C)S(C)(C)S. The average molecular weight is 309 g/mol. The molecular weight excluding hydrogens is 280 g/mol. The van der Waals surface area contributed by atoms with Crippen LogP contribution in [0.1, 0.15) is 0 Å². The fourth-order valence-corrected chi connectivity index (χ4v) is 41.4. The molecule has 0 saturated carbocycles. The van der Waals surface area contributed by atoms with E-state index in [2.05, 4.69) is 50.6 Å². The molecule has 15 heavy (non-hydrogen) atoms. The summed E-state index contributed by atoms with van der Waals surface area (Å²) in [5.41, 5.74) is 0. The van der Waals surface area contributed by atoms with Crippen LogP contribution in [0.25, 0.3) is 0 Å². The smallest absolute Gasteiger partial charge is 0.239 e. The van der Waals surface area contributed by atoms with Crippen molar-refractivity contribution in [3.05, 3.63) is 0 Å². The van der Waals surface area contributed by atoms with Crippen molar-refractivity contribution < 1.29 is 4.43 Å². The Morgan fingerprint density at radius 2 is 1.27 bits per heavy atom. The molecule has 0 unspecified atom stereocenters. The molecule has 0 spiro atoms. The molecule has 6 heteroatoms. The molecule has 0 atom stereocenters. The number of rotatable bonds is 4. The topological polar surface area (TPSA) is 9.23 Å². The summed E-state index contributed by atoms with van der Waals surface area (Å²) < 4.78 is 5.86. The van der Waals surface area contributed by atoms with Gasteiger partial charge in [0.15, 0.2) is 0 Å². The fourth-order valence-electron chi connectivity index (χ4n) is 1.10. The van der Waals surface area contributed by atoms with Crippen LogP contribution < -0.4 is 0 Å². The van der Waals surface area contributed by atoms with Gasteiger partial charge in [0, 0.05) is 7.11 Å². The lowest BCUT2D eigenvalue weighted by Crippen LogP contribution is -2.38. The Kier molecular flexibility index (Phi) is 5.18. The lowest BCUT2D eigenvalue weighted by atomic mass is 11.8.